The van der Waals surface area contributed by atoms with Gasteiger partial charge >= 0.3 is 0 Å². The number of nitrogens with zero attached hydrogens (tertiary/aromatic N) is 7. The van der Waals surface area contributed by atoms with Gasteiger partial charge in [0.25, 0.3) is 5.95 Å². The van der Waals surface area contributed by atoms with Crippen molar-refractivity contribution < 1.29 is 4.21 Å². The maximum absolute atomic E-state index is 12.7. The molecule has 2 aromatic heterocycles. The predicted octanol–water partition coefficient (Wildman–Crippen LogP) is 3.34. The molecule has 3 heterocycles. The maximum atomic E-state index is 12.7. The molecule has 9 nitrogen and oxygen atoms in total. The van der Waals surface area contributed by atoms with E-state index in [2.05, 4.69) is 66.0 Å². The average Bonchev–Trinajstić information content (AvgIpc) is 3.13. The number of rotatable bonds is 3. The second kappa shape index (κ2) is 7.33. The first-order chi connectivity index (χ1) is 13.3. The van der Waals surface area contributed by atoms with Gasteiger partial charge in [0.05, 0.1) is 11.7 Å². The first-order valence-electron chi connectivity index (χ1n) is 8.09. The molecule has 12 heteroatoms. The third-order valence-corrected chi connectivity index (χ3v) is 5.97. The Kier molecular flexibility index (Phi) is 5.02. The van der Waals surface area contributed by atoms with E-state index < -0.39 is 9.92 Å². The largest absolute Gasteiger partial charge is 0.359 e. The molecule has 4 rings (SSSR count). The molecule has 1 aromatic carbocycles. The Morgan fingerprint density at radius 3 is 2.68 bits per heavy atom. The summed E-state index contributed by atoms with van der Waals surface area (Å²) in [7, 11) is -2.77. The van der Waals surface area contributed by atoms with Crippen molar-refractivity contribution in [2.75, 3.05) is 6.26 Å². The van der Waals surface area contributed by atoms with Gasteiger partial charge in [0, 0.05) is 33.2 Å². The molecule has 1 aliphatic heterocycles. The molecular weight excluding hydrogens is 512 g/mol. The molecule has 0 aliphatic carbocycles. The minimum Gasteiger partial charge on any atom is -0.359 e. The second-order valence-electron chi connectivity index (χ2n) is 6.02. The van der Waals surface area contributed by atoms with Crippen LogP contribution in [0.4, 0.5) is 5.69 Å². The van der Waals surface area contributed by atoms with Gasteiger partial charge in [-0.05, 0) is 41.1 Å². The van der Waals surface area contributed by atoms with Gasteiger partial charge in [0.15, 0.2) is 15.7 Å². The van der Waals surface area contributed by atoms with Gasteiger partial charge in [-0.2, -0.15) is 18.5 Å². The Morgan fingerprint density at radius 2 is 1.93 bits per heavy atom. The first-order valence-corrected chi connectivity index (χ1v) is 11.6. The zero-order valence-electron chi connectivity index (χ0n) is 14.7. The van der Waals surface area contributed by atoms with Crippen molar-refractivity contribution in [3.63, 3.8) is 0 Å². The summed E-state index contributed by atoms with van der Waals surface area (Å²) >= 11 is 6.96. The number of fused-ring (bicyclic) bond motifs is 1. The first kappa shape index (κ1) is 19.2. The average molecular weight is 526 g/mol. The number of nitrogens with one attached hydrogen (secondary N) is 1. The molecule has 144 valence electrons. The molecule has 1 unspecified atom stereocenters. The van der Waals surface area contributed by atoms with Crippen LogP contribution in [0.1, 0.15) is 24.4 Å². The number of hydrogen-bond acceptors (Lipinski definition) is 7. The minimum absolute atomic E-state index is 0.316. The zero-order valence-corrected chi connectivity index (χ0v) is 18.7. The molecule has 28 heavy (non-hydrogen) atoms. The second-order valence-corrected chi connectivity index (χ2v) is 9.68. The lowest BCUT2D eigenvalue weighted by Crippen LogP contribution is -2.31. The number of hydrogen-bond donors (Lipinski definition) is 1. The van der Waals surface area contributed by atoms with Crippen molar-refractivity contribution in [3.8, 4) is 5.95 Å². The lowest BCUT2D eigenvalue weighted by atomic mass is 10.1. The van der Waals surface area contributed by atoms with Crippen LogP contribution in [0.15, 0.2) is 54.6 Å². The standard InChI is InChI=1S/C16H14Br2N8OS/c1-9(15-21-8-22-26(15)16-19-4-3-5-20-16)23-14-11-6-10(17)7-12(18)13(11)24-28(2,27)25-14/h3-9H,1-2H3,(H,23,24,25,27)/t9-,28?/m0/s1. The van der Waals surface area contributed by atoms with Crippen molar-refractivity contribution in [1.82, 2.24) is 30.0 Å². The van der Waals surface area contributed by atoms with Gasteiger partial charge in [-0.1, -0.05) is 15.9 Å². The van der Waals surface area contributed by atoms with Crippen LogP contribution in [0.25, 0.3) is 5.95 Å². The van der Waals surface area contributed by atoms with Crippen LogP contribution in [0, 0.1) is 0 Å². The topological polar surface area (TPSA) is 110 Å². The van der Waals surface area contributed by atoms with E-state index in [1.165, 1.54) is 12.6 Å². The number of aromatic nitrogens is 5. The van der Waals surface area contributed by atoms with Gasteiger partial charge < -0.3 is 5.32 Å². The molecule has 0 saturated carbocycles. The fraction of sp³-hybridized carbons (Fsp3) is 0.188. The van der Waals surface area contributed by atoms with E-state index in [0.29, 0.717) is 23.3 Å². The zero-order chi connectivity index (χ0) is 19.9. The molecule has 2 atom stereocenters. The number of benzene rings is 1. The van der Waals surface area contributed by atoms with E-state index in [-0.39, 0.29) is 6.04 Å². The molecule has 0 saturated heterocycles. The van der Waals surface area contributed by atoms with E-state index >= 15 is 0 Å². The van der Waals surface area contributed by atoms with Crippen molar-refractivity contribution in [1.29, 1.82) is 0 Å². The minimum atomic E-state index is -2.77. The van der Waals surface area contributed by atoms with E-state index in [9.17, 15) is 4.21 Å². The molecule has 1 N–H and O–H groups in total. The molecule has 0 radical (unpaired) electrons. The molecule has 0 amide bonds. The Labute approximate surface area is 178 Å². The highest BCUT2D eigenvalue weighted by Crippen LogP contribution is 2.37. The van der Waals surface area contributed by atoms with Crippen LogP contribution in [0.3, 0.4) is 0 Å². The summed E-state index contributed by atoms with van der Waals surface area (Å²) in [6.07, 6.45) is 6.20. The summed E-state index contributed by atoms with van der Waals surface area (Å²) in [5.74, 6) is 1.47. The van der Waals surface area contributed by atoms with Crippen LogP contribution >= 0.6 is 31.9 Å². The van der Waals surface area contributed by atoms with Gasteiger partial charge in [-0.15, -0.1) is 0 Å². The monoisotopic (exact) mass is 524 g/mol. The fourth-order valence-corrected chi connectivity index (χ4v) is 5.22. The predicted molar refractivity (Wildman–Crippen MR) is 113 cm³/mol. The molecule has 3 aromatic rings. The van der Waals surface area contributed by atoms with Crippen molar-refractivity contribution >= 4 is 53.3 Å². The van der Waals surface area contributed by atoms with Crippen LogP contribution < -0.4 is 5.32 Å². The van der Waals surface area contributed by atoms with Crippen LogP contribution in [0.2, 0.25) is 0 Å². The summed E-state index contributed by atoms with van der Waals surface area (Å²) in [6, 6.07) is 5.14. The normalized spacial score (nSPS) is 19.4. The third-order valence-electron chi connectivity index (χ3n) is 3.86. The van der Waals surface area contributed by atoms with Gasteiger partial charge in [0.1, 0.15) is 12.2 Å². The van der Waals surface area contributed by atoms with E-state index in [1.54, 1.807) is 23.1 Å². The highest BCUT2D eigenvalue weighted by atomic mass is 79.9. The summed E-state index contributed by atoms with van der Waals surface area (Å²) in [5, 5.41) is 7.50. The van der Waals surface area contributed by atoms with Crippen LogP contribution in [-0.2, 0) is 9.92 Å². The maximum Gasteiger partial charge on any atom is 0.252 e. The van der Waals surface area contributed by atoms with Gasteiger partial charge in [0.2, 0.25) is 0 Å². The van der Waals surface area contributed by atoms with Crippen molar-refractivity contribution in [3.05, 3.63) is 57.3 Å². The van der Waals surface area contributed by atoms with E-state index in [1.807, 2.05) is 19.1 Å². The number of halogens is 2. The smallest absolute Gasteiger partial charge is 0.252 e. The number of amidine groups is 1. The van der Waals surface area contributed by atoms with Crippen LogP contribution in [-0.4, -0.2) is 41.0 Å². The molecular formula is C16H14Br2N8OS. The molecule has 0 bridgehead atoms. The van der Waals surface area contributed by atoms with Crippen molar-refractivity contribution in [2.24, 2.45) is 8.76 Å². The highest BCUT2D eigenvalue weighted by Gasteiger charge is 2.24. The van der Waals surface area contributed by atoms with Crippen LogP contribution in [0.5, 0.6) is 0 Å². The van der Waals surface area contributed by atoms with E-state index in [4.69, 9.17) is 0 Å². The Hall–Kier alpha value is -2.18. The Morgan fingerprint density at radius 1 is 1.18 bits per heavy atom. The SMILES string of the molecule is C[C@H](NC1=NS(C)(=O)=Nc2c(Br)cc(Br)cc21)c1ncnn1-c1ncccn1. The fourth-order valence-electron chi connectivity index (χ4n) is 2.72. The van der Waals surface area contributed by atoms with E-state index in [0.717, 1.165) is 14.5 Å². The lowest BCUT2D eigenvalue weighted by molar-refractivity contribution is 0.620. The summed E-state index contributed by atoms with van der Waals surface area (Å²) < 4.78 is 24.4. The molecule has 1 aliphatic rings. The summed E-state index contributed by atoms with van der Waals surface area (Å²) in [4.78, 5) is 12.7. The quantitative estimate of drug-likeness (QED) is 0.561. The molecule has 0 fully saturated rings. The summed E-state index contributed by atoms with van der Waals surface area (Å²) in [5.41, 5.74) is 1.32. The van der Waals surface area contributed by atoms with Crippen molar-refractivity contribution in [2.45, 2.75) is 13.0 Å². The third kappa shape index (κ3) is 3.71. The molecule has 0 spiro atoms. The van der Waals surface area contributed by atoms with Gasteiger partial charge in [-0.25, -0.2) is 19.2 Å². The highest BCUT2D eigenvalue weighted by molar-refractivity contribution is 9.11. The Bertz CT molecular complexity index is 1200. The summed E-state index contributed by atoms with van der Waals surface area (Å²) in [6.45, 7) is 1.90. The lowest BCUT2D eigenvalue weighted by Gasteiger charge is -2.21. The Balaban J connectivity index is 1.73. The van der Waals surface area contributed by atoms with Gasteiger partial charge in [-0.3, -0.25) is 0 Å².